The number of hydrogen-bond donors (Lipinski definition) is 1. The molecule has 1 aliphatic heterocycles. The van der Waals surface area contributed by atoms with Crippen molar-refractivity contribution < 1.29 is 32.5 Å². The van der Waals surface area contributed by atoms with Gasteiger partial charge in [0.05, 0.1) is 0 Å². The molecule has 0 saturated carbocycles. The molecule has 2 aromatic carbocycles. The van der Waals surface area contributed by atoms with Crippen LogP contribution in [0.4, 0.5) is 10.1 Å². The number of carbonyl (C=O) groups excluding carboxylic acids is 1. The van der Waals surface area contributed by atoms with Crippen LogP contribution in [0.15, 0.2) is 69.9 Å². The molecule has 11 heteroatoms. The standard InChI is InChI=1S/C23H21B2FNO7/c1-30-23-19(27-15-9-7-13-8-10-18(28)31-16(13)11-15)21(20(34-25-24)17(12-26)32-23)33-22(29)14-5-3-2-4-6-14/h2-11,17,19-21,23,27H,12H2,1H3/t17?,19?,20-,21?,23+/m1/s1. The van der Waals surface area contributed by atoms with Crippen molar-refractivity contribution in [1.29, 1.82) is 0 Å². The van der Waals surface area contributed by atoms with Crippen LogP contribution in [0.1, 0.15) is 10.4 Å². The Hall–Kier alpha value is -3.30. The number of methoxy groups -OCH3 is 1. The van der Waals surface area contributed by atoms with Crippen LogP contribution >= 0.6 is 0 Å². The van der Waals surface area contributed by atoms with Crippen LogP contribution < -0.4 is 10.9 Å². The van der Waals surface area contributed by atoms with Crippen molar-refractivity contribution in [3.8, 4) is 0 Å². The molecule has 1 radical (unpaired) electrons. The van der Waals surface area contributed by atoms with E-state index in [1.807, 2.05) is 0 Å². The summed E-state index contributed by atoms with van der Waals surface area (Å²) in [5, 5.41) is 3.91. The summed E-state index contributed by atoms with van der Waals surface area (Å²) >= 11 is 0. The number of alkyl halides is 1. The second-order valence-corrected chi connectivity index (χ2v) is 7.58. The molecule has 1 aliphatic rings. The molecule has 5 atom stereocenters. The predicted molar refractivity (Wildman–Crippen MR) is 124 cm³/mol. The Bertz CT molecular complexity index is 1210. The van der Waals surface area contributed by atoms with Crippen molar-refractivity contribution in [3.63, 3.8) is 0 Å². The van der Waals surface area contributed by atoms with Crippen molar-refractivity contribution >= 4 is 37.0 Å². The van der Waals surface area contributed by atoms with Gasteiger partial charge < -0.3 is 0 Å². The summed E-state index contributed by atoms with van der Waals surface area (Å²) in [5.41, 5.74) is 0.687. The predicted octanol–water partition coefficient (Wildman–Crippen LogP) is 2.23. The topological polar surface area (TPSA) is 96.2 Å². The SMILES string of the molecule is [B]=BO[C@@H]1C(CF)O[C@H](OC)C(Nc2ccc3ccc(=O)oc3c2)C1OC(=O)c1ccccc1. The van der Waals surface area contributed by atoms with E-state index < -0.39 is 48.9 Å². The van der Waals surface area contributed by atoms with Crippen molar-refractivity contribution in [2.45, 2.75) is 30.6 Å². The summed E-state index contributed by atoms with van der Waals surface area (Å²) in [6.07, 6.45) is -4.24. The van der Waals surface area contributed by atoms with Gasteiger partial charge in [0, 0.05) is 0 Å². The minimum atomic E-state index is -1.11. The van der Waals surface area contributed by atoms with Crippen LogP contribution in [0, 0.1) is 0 Å². The molecule has 2 heterocycles. The van der Waals surface area contributed by atoms with E-state index in [9.17, 15) is 14.0 Å². The molecule has 1 aromatic heterocycles. The maximum atomic E-state index is 13.8. The van der Waals surface area contributed by atoms with Crippen molar-refractivity contribution in [2.75, 3.05) is 19.1 Å². The number of fused-ring (bicyclic) bond motifs is 1. The molecule has 1 N–H and O–H groups in total. The van der Waals surface area contributed by atoms with Gasteiger partial charge in [-0.15, -0.1) is 0 Å². The summed E-state index contributed by atoms with van der Waals surface area (Å²) in [4.78, 5) is 24.5. The van der Waals surface area contributed by atoms with Crippen LogP contribution in [0.3, 0.4) is 0 Å². The Morgan fingerprint density at radius 2 is 1.91 bits per heavy atom. The molecule has 1 saturated heterocycles. The Morgan fingerprint density at radius 1 is 1.15 bits per heavy atom. The van der Waals surface area contributed by atoms with Gasteiger partial charge in [0.2, 0.25) is 0 Å². The fraction of sp³-hybridized carbons (Fsp3) is 0.304. The molecule has 0 amide bonds. The van der Waals surface area contributed by atoms with Crippen molar-refractivity contribution in [1.82, 2.24) is 0 Å². The number of anilines is 1. The fourth-order valence-electron chi connectivity index (χ4n) is 3.89. The molecular formula is C23H21B2FNO7. The van der Waals surface area contributed by atoms with Crippen LogP contribution in [0.5, 0.6) is 0 Å². The van der Waals surface area contributed by atoms with Gasteiger partial charge in [-0.1, -0.05) is 0 Å². The van der Waals surface area contributed by atoms with E-state index in [0.717, 1.165) is 12.4 Å². The van der Waals surface area contributed by atoms with Crippen molar-refractivity contribution in [2.24, 2.45) is 0 Å². The minimum absolute atomic E-state index is 0.307. The first-order valence-corrected chi connectivity index (χ1v) is 10.5. The summed E-state index contributed by atoms with van der Waals surface area (Å²) in [6, 6.07) is 15.6. The molecule has 1 fully saturated rings. The van der Waals surface area contributed by atoms with E-state index in [-0.39, 0.29) is 0 Å². The van der Waals surface area contributed by atoms with Gasteiger partial charge in [0.15, 0.2) is 0 Å². The van der Waals surface area contributed by atoms with Gasteiger partial charge in [-0.2, -0.15) is 0 Å². The molecule has 3 unspecified atom stereocenters. The van der Waals surface area contributed by atoms with Crippen LogP contribution in [-0.4, -0.2) is 64.8 Å². The maximum absolute atomic E-state index is 13.8. The zero-order chi connectivity index (χ0) is 24.1. The Labute approximate surface area is 196 Å². The first-order valence-electron chi connectivity index (χ1n) is 10.5. The van der Waals surface area contributed by atoms with E-state index in [1.165, 1.54) is 13.2 Å². The Balaban J connectivity index is 1.69. The third kappa shape index (κ3) is 5.10. The monoisotopic (exact) mass is 464 g/mol. The number of rotatable bonds is 8. The first kappa shape index (κ1) is 23.8. The van der Waals surface area contributed by atoms with Gasteiger partial charge in [-0.05, 0) is 0 Å². The zero-order valence-corrected chi connectivity index (χ0v) is 18.3. The second-order valence-electron chi connectivity index (χ2n) is 7.58. The van der Waals surface area contributed by atoms with Crippen LogP contribution in [0.2, 0.25) is 0 Å². The molecule has 34 heavy (non-hydrogen) atoms. The summed E-state index contributed by atoms with van der Waals surface area (Å²) in [5.74, 6) is -0.637. The number of halogens is 1. The molecule has 0 spiro atoms. The average molecular weight is 464 g/mol. The summed E-state index contributed by atoms with van der Waals surface area (Å²) < 4.78 is 41.5. The van der Waals surface area contributed by atoms with E-state index in [1.54, 1.807) is 54.6 Å². The summed E-state index contributed by atoms with van der Waals surface area (Å²) in [6.45, 7) is -0.925. The number of hydrogen-bond acceptors (Lipinski definition) is 8. The first-order chi connectivity index (χ1) is 16.5. The number of carbonyl (C=O) groups is 1. The van der Waals surface area contributed by atoms with Gasteiger partial charge in [-0.3, -0.25) is 0 Å². The third-order valence-electron chi connectivity index (χ3n) is 5.48. The number of benzene rings is 2. The quantitative estimate of drug-likeness (QED) is 0.308. The fourth-order valence-corrected chi connectivity index (χ4v) is 3.89. The number of esters is 1. The van der Waals surface area contributed by atoms with Gasteiger partial charge in [0.25, 0.3) is 0 Å². The van der Waals surface area contributed by atoms with E-state index in [4.69, 9.17) is 30.7 Å². The average Bonchev–Trinajstić information content (AvgIpc) is 2.86. The van der Waals surface area contributed by atoms with Crippen LogP contribution in [0.25, 0.3) is 11.0 Å². The van der Waals surface area contributed by atoms with E-state index >= 15 is 0 Å². The van der Waals surface area contributed by atoms with Gasteiger partial charge in [0.1, 0.15) is 0 Å². The molecule has 3 aromatic rings. The molecule has 173 valence electrons. The normalized spacial score (nSPS) is 24.2. The van der Waals surface area contributed by atoms with Crippen LogP contribution in [-0.2, 0) is 18.9 Å². The van der Waals surface area contributed by atoms with E-state index in [2.05, 4.69) is 5.32 Å². The Morgan fingerprint density at radius 3 is 2.62 bits per heavy atom. The molecular weight excluding hydrogens is 443 g/mol. The summed E-state index contributed by atoms with van der Waals surface area (Å²) in [7, 11) is 7.75. The molecule has 0 aliphatic carbocycles. The second kappa shape index (κ2) is 10.8. The number of nitrogens with one attached hydrogen (secondary N) is 1. The number of ether oxygens (including phenoxy) is 3. The Kier molecular flexibility index (Phi) is 7.54. The van der Waals surface area contributed by atoms with Crippen molar-refractivity contribution in [3.05, 3.63) is 76.6 Å². The molecule has 0 bridgehead atoms. The van der Waals surface area contributed by atoms with Gasteiger partial charge >= 0.3 is 196 Å². The molecule has 4 rings (SSSR count). The molecule has 8 nitrogen and oxygen atoms in total. The zero-order valence-electron chi connectivity index (χ0n) is 18.3. The third-order valence-corrected chi connectivity index (χ3v) is 5.48. The van der Waals surface area contributed by atoms with E-state index in [0.29, 0.717) is 16.8 Å². The van der Waals surface area contributed by atoms with Gasteiger partial charge in [-0.25, -0.2) is 0 Å².